The summed E-state index contributed by atoms with van der Waals surface area (Å²) in [5.41, 5.74) is 6.98. The van der Waals surface area contributed by atoms with Gasteiger partial charge in [-0.2, -0.15) is 0 Å². The molecular formula is C12H16ClFN2. The van der Waals surface area contributed by atoms with Crippen molar-refractivity contribution in [2.24, 2.45) is 11.7 Å². The Morgan fingerprint density at radius 1 is 1.50 bits per heavy atom. The van der Waals surface area contributed by atoms with Crippen LogP contribution in [0.5, 0.6) is 0 Å². The van der Waals surface area contributed by atoms with Crippen molar-refractivity contribution >= 4 is 11.6 Å². The van der Waals surface area contributed by atoms with Crippen molar-refractivity contribution in [2.45, 2.75) is 19.5 Å². The molecule has 0 bridgehead atoms. The number of halogens is 2. The Balaban J connectivity index is 2.02. The van der Waals surface area contributed by atoms with Gasteiger partial charge in [-0.05, 0) is 23.6 Å². The van der Waals surface area contributed by atoms with Gasteiger partial charge in [-0.3, -0.25) is 4.90 Å². The fourth-order valence-corrected chi connectivity index (χ4v) is 2.32. The summed E-state index contributed by atoms with van der Waals surface area (Å²) in [7, 11) is 0. The maximum atomic E-state index is 13.0. The maximum Gasteiger partial charge on any atom is 0.141 e. The highest BCUT2D eigenvalue weighted by atomic mass is 35.5. The number of likely N-dealkylation sites (tertiary alicyclic amines) is 1. The van der Waals surface area contributed by atoms with Crippen LogP contribution in [-0.4, -0.2) is 24.0 Å². The molecule has 1 aromatic carbocycles. The van der Waals surface area contributed by atoms with E-state index in [1.165, 1.54) is 6.07 Å². The molecular weight excluding hydrogens is 227 g/mol. The molecule has 2 atom stereocenters. The number of rotatable bonds is 2. The van der Waals surface area contributed by atoms with Crippen LogP contribution in [0, 0.1) is 11.7 Å². The predicted molar refractivity (Wildman–Crippen MR) is 63.8 cm³/mol. The van der Waals surface area contributed by atoms with Crippen LogP contribution < -0.4 is 5.73 Å². The van der Waals surface area contributed by atoms with E-state index in [0.29, 0.717) is 5.92 Å². The molecule has 4 heteroatoms. The quantitative estimate of drug-likeness (QED) is 0.862. The van der Waals surface area contributed by atoms with E-state index in [9.17, 15) is 4.39 Å². The Labute approximate surface area is 100 Å². The van der Waals surface area contributed by atoms with Crippen molar-refractivity contribution < 1.29 is 4.39 Å². The first-order valence-electron chi connectivity index (χ1n) is 5.48. The average Bonchev–Trinajstić information content (AvgIpc) is 2.52. The third-order valence-corrected chi connectivity index (χ3v) is 3.43. The van der Waals surface area contributed by atoms with Gasteiger partial charge in [0.25, 0.3) is 0 Å². The van der Waals surface area contributed by atoms with Crippen molar-refractivity contribution in [3.05, 3.63) is 34.6 Å². The lowest BCUT2D eigenvalue weighted by atomic mass is 10.1. The zero-order chi connectivity index (χ0) is 11.7. The second-order valence-corrected chi connectivity index (χ2v) is 4.99. The number of hydrogen-bond acceptors (Lipinski definition) is 2. The zero-order valence-electron chi connectivity index (χ0n) is 9.29. The van der Waals surface area contributed by atoms with Crippen LogP contribution in [-0.2, 0) is 6.54 Å². The van der Waals surface area contributed by atoms with E-state index in [1.807, 2.05) is 0 Å². The largest absolute Gasteiger partial charge is 0.326 e. The molecule has 2 N–H and O–H groups in total. The van der Waals surface area contributed by atoms with Crippen molar-refractivity contribution in [2.75, 3.05) is 13.1 Å². The Hall–Kier alpha value is -0.640. The molecule has 2 nitrogen and oxygen atoms in total. The summed E-state index contributed by atoms with van der Waals surface area (Å²) < 4.78 is 13.0. The normalized spacial score (nSPS) is 26.2. The zero-order valence-corrected chi connectivity index (χ0v) is 10.0. The van der Waals surface area contributed by atoms with E-state index in [0.717, 1.165) is 25.2 Å². The first-order valence-corrected chi connectivity index (χ1v) is 5.86. The molecule has 1 aromatic rings. The third kappa shape index (κ3) is 2.54. The molecule has 0 saturated carbocycles. The lowest BCUT2D eigenvalue weighted by molar-refractivity contribution is 0.319. The predicted octanol–water partition coefficient (Wildman–Crippen LogP) is 2.26. The fourth-order valence-electron chi connectivity index (χ4n) is 2.12. The van der Waals surface area contributed by atoms with Gasteiger partial charge in [0.2, 0.25) is 0 Å². The Kier molecular flexibility index (Phi) is 3.47. The van der Waals surface area contributed by atoms with Gasteiger partial charge in [0, 0.05) is 25.7 Å². The summed E-state index contributed by atoms with van der Waals surface area (Å²) in [5.74, 6) is 0.160. The second kappa shape index (κ2) is 4.70. The Bertz CT molecular complexity index is 373. The fraction of sp³-hybridized carbons (Fsp3) is 0.500. The van der Waals surface area contributed by atoms with Gasteiger partial charge in [-0.15, -0.1) is 0 Å². The maximum absolute atomic E-state index is 13.0. The summed E-state index contributed by atoms with van der Waals surface area (Å²) in [5, 5.41) is 0.189. The van der Waals surface area contributed by atoms with Gasteiger partial charge >= 0.3 is 0 Å². The molecule has 2 rings (SSSR count). The lowest BCUT2D eigenvalue weighted by Gasteiger charge is -2.15. The first-order chi connectivity index (χ1) is 7.56. The number of benzene rings is 1. The van der Waals surface area contributed by atoms with Crippen molar-refractivity contribution in [1.82, 2.24) is 4.90 Å². The molecule has 0 radical (unpaired) electrons. The molecule has 2 unspecified atom stereocenters. The minimum atomic E-state index is -0.364. The third-order valence-electron chi connectivity index (χ3n) is 3.14. The van der Waals surface area contributed by atoms with Gasteiger partial charge in [0.05, 0.1) is 5.02 Å². The van der Waals surface area contributed by atoms with E-state index in [2.05, 4.69) is 11.8 Å². The molecule has 0 spiro atoms. The highest BCUT2D eigenvalue weighted by Gasteiger charge is 2.26. The monoisotopic (exact) mass is 242 g/mol. The molecule has 0 aliphatic carbocycles. The molecule has 88 valence electrons. The second-order valence-electron chi connectivity index (χ2n) is 4.58. The van der Waals surface area contributed by atoms with Gasteiger partial charge in [-0.25, -0.2) is 4.39 Å². The van der Waals surface area contributed by atoms with Gasteiger partial charge in [0.1, 0.15) is 5.82 Å². The number of hydrogen-bond donors (Lipinski definition) is 1. The number of nitrogens with zero attached hydrogens (tertiary/aromatic N) is 1. The van der Waals surface area contributed by atoms with E-state index in [-0.39, 0.29) is 16.9 Å². The standard InChI is InChI=1S/C12H16ClFN2/c1-8-5-16(7-12(8)15)6-9-2-3-11(14)10(13)4-9/h2-4,8,12H,5-7,15H2,1H3. The number of nitrogens with two attached hydrogens (primary N) is 1. The SMILES string of the molecule is CC1CN(Cc2ccc(F)c(Cl)c2)CC1N. The Morgan fingerprint density at radius 2 is 2.25 bits per heavy atom. The highest BCUT2D eigenvalue weighted by Crippen LogP contribution is 2.20. The van der Waals surface area contributed by atoms with Gasteiger partial charge in [-0.1, -0.05) is 24.6 Å². The van der Waals surface area contributed by atoms with Crippen molar-refractivity contribution in [3.8, 4) is 0 Å². The highest BCUT2D eigenvalue weighted by molar-refractivity contribution is 6.30. The molecule has 0 amide bonds. The molecule has 1 heterocycles. The van der Waals surface area contributed by atoms with E-state index < -0.39 is 0 Å². The first kappa shape index (κ1) is 11.8. The average molecular weight is 243 g/mol. The van der Waals surface area contributed by atoms with Crippen LogP contribution in [0.2, 0.25) is 5.02 Å². The van der Waals surface area contributed by atoms with Gasteiger partial charge in [0.15, 0.2) is 0 Å². The van der Waals surface area contributed by atoms with E-state index in [1.54, 1.807) is 12.1 Å². The Morgan fingerprint density at radius 3 is 2.81 bits per heavy atom. The van der Waals surface area contributed by atoms with Crippen LogP contribution in [0.4, 0.5) is 4.39 Å². The van der Waals surface area contributed by atoms with Crippen LogP contribution in [0.1, 0.15) is 12.5 Å². The summed E-state index contributed by atoms with van der Waals surface area (Å²) in [6.07, 6.45) is 0. The van der Waals surface area contributed by atoms with Crippen LogP contribution in [0.25, 0.3) is 0 Å². The van der Waals surface area contributed by atoms with Gasteiger partial charge < -0.3 is 5.73 Å². The summed E-state index contributed by atoms with van der Waals surface area (Å²) in [4.78, 5) is 2.28. The van der Waals surface area contributed by atoms with Crippen molar-refractivity contribution in [3.63, 3.8) is 0 Å². The molecule has 1 fully saturated rings. The van der Waals surface area contributed by atoms with Crippen LogP contribution in [0.15, 0.2) is 18.2 Å². The topological polar surface area (TPSA) is 29.3 Å². The van der Waals surface area contributed by atoms with Crippen LogP contribution >= 0.6 is 11.6 Å². The molecule has 1 aliphatic rings. The molecule has 1 aliphatic heterocycles. The minimum absolute atomic E-state index is 0.189. The summed E-state index contributed by atoms with van der Waals surface area (Å²) in [6, 6.07) is 5.12. The smallest absolute Gasteiger partial charge is 0.141 e. The summed E-state index contributed by atoms with van der Waals surface area (Å²) in [6.45, 7) is 4.84. The lowest BCUT2D eigenvalue weighted by Crippen LogP contribution is -2.28. The van der Waals surface area contributed by atoms with E-state index in [4.69, 9.17) is 17.3 Å². The minimum Gasteiger partial charge on any atom is -0.326 e. The van der Waals surface area contributed by atoms with E-state index >= 15 is 0 Å². The molecule has 16 heavy (non-hydrogen) atoms. The summed E-state index contributed by atoms with van der Waals surface area (Å²) >= 11 is 5.74. The van der Waals surface area contributed by atoms with Crippen molar-refractivity contribution in [1.29, 1.82) is 0 Å². The van der Waals surface area contributed by atoms with Crippen LogP contribution in [0.3, 0.4) is 0 Å². The molecule has 1 saturated heterocycles. The molecule has 0 aromatic heterocycles.